The first-order valence-corrected chi connectivity index (χ1v) is 8.72. The van der Waals surface area contributed by atoms with Crippen molar-refractivity contribution in [3.05, 3.63) is 16.7 Å². The van der Waals surface area contributed by atoms with Crippen molar-refractivity contribution >= 4 is 44.8 Å². The molecular formula is C14H16BrN3O2S. The molecule has 0 aromatic carbocycles. The molecule has 0 spiro atoms. The zero-order valence-electron chi connectivity index (χ0n) is 11.6. The molecule has 1 aliphatic rings. The van der Waals surface area contributed by atoms with Gasteiger partial charge in [0, 0.05) is 16.7 Å². The molecule has 112 valence electrons. The van der Waals surface area contributed by atoms with Gasteiger partial charge in [-0.2, -0.15) is 0 Å². The number of hydrogen-bond acceptors (Lipinski definition) is 4. The number of carbonyl (C=O) groups is 1. The zero-order chi connectivity index (χ0) is 15.0. The minimum absolute atomic E-state index is 0.0158. The van der Waals surface area contributed by atoms with Crippen LogP contribution in [0.4, 0.5) is 0 Å². The van der Waals surface area contributed by atoms with E-state index < -0.39 is 5.97 Å². The van der Waals surface area contributed by atoms with Gasteiger partial charge < -0.3 is 9.67 Å². The van der Waals surface area contributed by atoms with E-state index in [2.05, 4.69) is 37.4 Å². The van der Waals surface area contributed by atoms with Crippen LogP contribution < -0.4 is 0 Å². The van der Waals surface area contributed by atoms with Gasteiger partial charge in [-0.3, -0.25) is 4.79 Å². The first kappa shape index (κ1) is 14.8. The van der Waals surface area contributed by atoms with Gasteiger partial charge in [0.05, 0.1) is 5.75 Å². The summed E-state index contributed by atoms with van der Waals surface area (Å²) in [5, 5.41) is 9.66. The molecule has 2 heterocycles. The van der Waals surface area contributed by atoms with Gasteiger partial charge in [0.25, 0.3) is 0 Å². The van der Waals surface area contributed by atoms with E-state index in [-0.39, 0.29) is 5.75 Å². The average Bonchev–Trinajstić information content (AvgIpc) is 2.71. The highest BCUT2D eigenvalue weighted by atomic mass is 79.9. The van der Waals surface area contributed by atoms with E-state index in [1.807, 2.05) is 6.07 Å². The summed E-state index contributed by atoms with van der Waals surface area (Å²) in [5.74, 6) is -0.178. The number of halogens is 1. The Morgan fingerprint density at radius 1 is 1.62 bits per heavy atom. The van der Waals surface area contributed by atoms with Gasteiger partial charge in [0.1, 0.15) is 5.52 Å². The number of pyridine rings is 1. The molecular weight excluding hydrogens is 354 g/mol. The van der Waals surface area contributed by atoms with Crippen molar-refractivity contribution < 1.29 is 9.90 Å². The number of aromatic nitrogens is 3. The molecule has 21 heavy (non-hydrogen) atoms. The van der Waals surface area contributed by atoms with Gasteiger partial charge in [0.2, 0.25) is 0 Å². The number of nitrogens with zero attached hydrogens (tertiary/aromatic N) is 3. The maximum absolute atomic E-state index is 10.8. The first-order valence-electron chi connectivity index (χ1n) is 6.94. The lowest BCUT2D eigenvalue weighted by atomic mass is 9.80. The van der Waals surface area contributed by atoms with Crippen LogP contribution in [0.3, 0.4) is 0 Å². The van der Waals surface area contributed by atoms with Crippen molar-refractivity contribution in [3.63, 3.8) is 0 Å². The fourth-order valence-corrected chi connectivity index (χ4v) is 3.79. The van der Waals surface area contributed by atoms with Crippen LogP contribution in [-0.4, -0.2) is 31.4 Å². The van der Waals surface area contributed by atoms with Crippen LogP contribution in [0.2, 0.25) is 0 Å². The smallest absolute Gasteiger partial charge is 0.313 e. The summed E-state index contributed by atoms with van der Waals surface area (Å²) in [6.07, 6.45) is 5.48. The van der Waals surface area contributed by atoms with Crippen molar-refractivity contribution in [3.8, 4) is 0 Å². The van der Waals surface area contributed by atoms with Crippen LogP contribution in [0.5, 0.6) is 0 Å². The Balaban J connectivity index is 2.03. The Labute approximate surface area is 135 Å². The first-order chi connectivity index (χ1) is 10.1. The molecule has 3 rings (SSSR count). The van der Waals surface area contributed by atoms with E-state index in [0.717, 1.165) is 20.8 Å². The van der Waals surface area contributed by atoms with Crippen LogP contribution in [0, 0.1) is 5.92 Å². The Hall–Kier alpha value is -1.08. The zero-order valence-corrected chi connectivity index (χ0v) is 14.0. The van der Waals surface area contributed by atoms with Gasteiger partial charge >= 0.3 is 5.97 Å². The standard InChI is InChI=1S/C14H16BrN3O2S/c1-8(9-3-2-4-9)18-13-11(5-10(15)6-16-13)17-14(18)21-7-12(19)20/h5-6,8-9H,2-4,7H2,1H3,(H,19,20). The molecule has 1 saturated carbocycles. The summed E-state index contributed by atoms with van der Waals surface area (Å²) in [6, 6.07) is 2.23. The molecule has 1 aliphatic carbocycles. The molecule has 7 heteroatoms. The predicted octanol–water partition coefficient (Wildman–Crippen LogP) is 3.73. The van der Waals surface area contributed by atoms with Crippen molar-refractivity contribution in [2.75, 3.05) is 5.75 Å². The third-order valence-electron chi connectivity index (χ3n) is 4.03. The Kier molecular flexibility index (Phi) is 4.21. The third-order valence-corrected chi connectivity index (χ3v) is 5.40. The Morgan fingerprint density at radius 3 is 3.00 bits per heavy atom. The quantitative estimate of drug-likeness (QED) is 0.813. The maximum atomic E-state index is 10.8. The second kappa shape index (κ2) is 5.96. The third kappa shape index (κ3) is 2.94. The molecule has 0 aliphatic heterocycles. The molecule has 1 atom stereocenters. The number of imidazole rings is 1. The summed E-state index contributed by atoms with van der Waals surface area (Å²) in [4.78, 5) is 19.9. The monoisotopic (exact) mass is 369 g/mol. The number of hydrogen-bond donors (Lipinski definition) is 1. The van der Waals surface area contributed by atoms with Crippen molar-refractivity contribution in [1.29, 1.82) is 0 Å². The fraction of sp³-hybridized carbons (Fsp3) is 0.500. The van der Waals surface area contributed by atoms with E-state index in [9.17, 15) is 4.79 Å². The minimum Gasteiger partial charge on any atom is -0.481 e. The highest BCUT2D eigenvalue weighted by Gasteiger charge is 2.28. The lowest BCUT2D eigenvalue weighted by Crippen LogP contribution is -2.23. The van der Waals surface area contributed by atoms with Gasteiger partial charge in [-0.25, -0.2) is 9.97 Å². The van der Waals surface area contributed by atoms with Crippen molar-refractivity contribution in [2.45, 2.75) is 37.4 Å². The fourth-order valence-electron chi connectivity index (χ4n) is 2.67. The highest BCUT2D eigenvalue weighted by Crippen LogP contribution is 2.39. The molecule has 0 amide bonds. The Bertz CT molecular complexity index is 684. The largest absolute Gasteiger partial charge is 0.481 e. The number of rotatable bonds is 5. The summed E-state index contributed by atoms with van der Waals surface area (Å²) < 4.78 is 2.99. The van der Waals surface area contributed by atoms with Crippen LogP contribution in [0.15, 0.2) is 21.9 Å². The molecule has 1 fully saturated rings. The van der Waals surface area contributed by atoms with Gasteiger partial charge in [-0.05, 0) is 47.7 Å². The maximum Gasteiger partial charge on any atom is 0.313 e. The summed E-state index contributed by atoms with van der Waals surface area (Å²) in [6.45, 7) is 2.18. The summed E-state index contributed by atoms with van der Waals surface area (Å²) in [5.41, 5.74) is 1.65. The lowest BCUT2D eigenvalue weighted by molar-refractivity contribution is -0.133. The van der Waals surface area contributed by atoms with Crippen LogP contribution in [-0.2, 0) is 4.79 Å². The summed E-state index contributed by atoms with van der Waals surface area (Å²) >= 11 is 4.67. The van der Waals surface area contributed by atoms with Crippen molar-refractivity contribution in [2.24, 2.45) is 5.92 Å². The Morgan fingerprint density at radius 2 is 2.38 bits per heavy atom. The van der Waals surface area contributed by atoms with E-state index >= 15 is 0 Å². The molecule has 0 bridgehead atoms. The van der Waals surface area contributed by atoms with Crippen LogP contribution in [0.1, 0.15) is 32.2 Å². The number of carboxylic acids is 1. The second-order valence-corrected chi connectivity index (χ2v) is 7.23. The van der Waals surface area contributed by atoms with Crippen molar-refractivity contribution in [1.82, 2.24) is 14.5 Å². The normalized spacial score (nSPS) is 16.9. The number of thioether (sulfide) groups is 1. The topological polar surface area (TPSA) is 68.0 Å². The molecule has 0 saturated heterocycles. The number of aliphatic carboxylic acids is 1. The predicted molar refractivity (Wildman–Crippen MR) is 85.6 cm³/mol. The molecule has 2 aromatic rings. The summed E-state index contributed by atoms with van der Waals surface area (Å²) in [7, 11) is 0. The van der Waals surface area contributed by atoms with E-state index in [1.54, 1.807) is 6.20 Å². The lowest BCUT2D eigenvalue weighted by Gasteiger charge is -2.33. The second-order valence-electron chi connectivity index (χ2n) is 5.37. The SMILES string of the molecule is CC(C1CCC1)n1c(SCC(=O)O)nc2cc(Br)cnc21. The average molecular weight is 370 g/mol. The van der Waals surface area contributed by atoms with Gasteiger partial charge in [-0.1, -0.05) is 18.2 Å². The van der Waals surface area contributed by atoms with Crippen LogP contribution in [0.25, 0.3) is 11.2 Å². The van der Waals surface area contributed by atoms with Gasteiger partial charge in [0.15, 0.2) is 10.8 Å². The van der Waals surface area contributed by atoms with E-state index in [4.69, 9.17) is 5.11 Å². The molecule has 0 radical (unpaired) electrons. The molecule has 1 N–H and O–H groups in total. The highest BCUT2D eigenvalue weighted by molar-refractivity contribution is 9.10. The molecule has 2 aromatic heterocycles. The molecule has 5 nitrogen and oxygen atoms in total. The number of fused-ring (bicyclic) bond motifs is 1. The minimum atomic E-state index is -0.830. The molecule has 1 unspecified atom stereocenters. The van der Waals surface area contributed by atoms with E-state index in [1.165, 1.54) is 31.0 Å². The van der Waals surface area contributed by atoms with Gasteiger partial charge in [-0.15, -0.1) is 0 Å². The van der Waals surface area contributed by atoms with E-state index in [0.29, 0.717) is 12.0 Å². The number of carboxylic acid groups (broad SMARTS) is 1. The van der Waals surface area contributed by atoms with Crippen LogP contribution >= 0.6 is 27.7 Å².